The molecular weight excluding hydrogens is 608 g/mol. The summed E-state index contributed by atoms with van der Waals surface area (Å²) in [6.45, 7) is -0.829. The van der Waals surface area contributed by atoms with Crippen molar-refractivity contribution in [3.05, 3.63) is 63.3 Å². The van der Waals surface area contributed by atoms with Crippen molar-refractivity contribution < 1.29 is 45.4 Å². The highest BCUT2D eigenvalue weighted by Gasteiger charge is 2.43. The molecule has 0 spiro atoms. The molecule has 0 fully saturated rings. The van der Waals surface area contributed by atoms with Gasteiger partial charge in [-0.1, -0.05) is 34.8 Å². The minimum absolute atomic E-state index is 0.260. The van der Waals surface area contributed by atoms with Gasteiger partial charge in [0, 0.05) is 11.2 Å². The van der Waals surface area contributed by atoms with Gasteiger partial charge in [0.25, 0.3) is 0 Å². The number of imidazole rings is 1. The molecule has 3 aromatic rings. The van der Waals surface area contributed by atoms with Crippen molar-refractivity contribution in [1.29, 1.82) is 0 Å². The van der Waals surface area contributed by atoms with E-state index in [1.807, 2.05) is 4.98 Å². The minimum atomic E-state index is -4.83. The molecular formula is C22H16Cl3F7N4O3. The molecule has 1 atom stereocenters. The van der Waals surface area contributed by atoms with E-state index in [0.717, 1.165) is 35.2 Å². The van der Waals surface area contributed by atoms with E-state index in [9.17, 15) is 35.5 Å². The minimum Gasteiger partial charge on any atom is -0.480 e. The fraction of sp³-hybridized carbons (Fsp3) is 0.273. The van der Waals surface area contributed by atoms with Crippen LogP contribution in [0.3, 0.4) is 0 Å². The first-order valence-corrected chi connectivity index (χ1v) is 11.6. The number of benzene rings is 2. The van der Waals surface area contributed by atoms with Gasteiger partial charge < -0.3 is 19.7 Å². The molecule has 0 aliphatic carbocycles. The van der Waals surface area contributed by atoms with E-state index < -0.39 is 60.5 Å². The number of carboxylic acids is 1. The van der Waals surface area contributed by atoms with Gasteiger partial charge in [0.15, 0.2) is 12.4 Å². The monoisotopic (exact) mass is 622 g/mol. The Morgan fingerprint density at radius 2 is 1.82 bits per heavy atom. The lowest BCUT2D eigenvalue weighted by molar-refractivity contribution is -0.167. The number of fused-ring (bicyclic) bond motifs is 1. The van der Waals surface area contributed by atoms with Crippen molar-refractivity contribution in [2.75, 3.05) is 25.2 Å². The average molecular weight is 624 g/mol. The molecule has 0 radical (unpaired) electrons. The summed E-state index contributed by atoms with van der Waals surface area (Å²) in [6.07, 6.45) is -7.63. The molecule has 0 saturated heterocycles. The highest BCUT2D eigenvalue weighted by Crippen LogP contribution is 2.38. The number of nitrogens with zero attached hydrogens (tertiary/aromatic N) is 3. The highest BCUT2D eigenvalue weighted by atomic mass is 35.5. The van der Waals surface area contributed by atoms with Crippen LogP contribution in [0.1, 0.15) is 5.82 Å². The number of H-pyrrole nitrogens is 1. The molecule has 0 saturated carbocycles. The summed E-state index contributed by atoms with van der Waals surface area (Å²) in [5.41, 5.74) is -1.09. The second-order valence-corrected chi connectivity index (χ2v) is 9.20. The lowest BCUT2D eigenvalue weighted by Crippen LogP contribution is -2.49. The van der Waals surface area contributed by atoms with E-state index in [2.05, 4.69) is 4.98 Å². The van der Waals surface area contributed by atoms with Gasteiger partial charge in [0.2, 0.25) is 5.82 Å². The number of rotatable bonds is 4. The van der Waals surface area contributed by atoms with Crippen LogP contribution in [0.15, 0.2) is 36.5 Å². The number of hydrogen-bond acceptors (Lipinski definition) is 5. The first-order valence-electron chi connectivity index (χ1n) is 10.5. The number of likely N-dealkylation sites (N-methyl/N-ethyl adjacent to an activating group) is 1. The molecule has 2 N–H and O–H groups in total. The van der Waals surface area contributed by atoms with Crippen molar-refractivity contribution in [2.24, 2.45) is 0 Å². The van der Waals surface area contributed by atoms with Crippen LogP contribution in [-0.4, -0.2) is 58.5 Å². The van der Waals surface area contributed by atoms with Crippen molar-refractivity contribution in [3.8, 4) is 5.75 Å². The van der Waals surface area contributed by atoms with E-state index in [0.29, 0.717) is 15.8 Å². The largest absolute Gasteiger partial charge is 0.480 e. The Morgan fingerprint density at radius 1 is 1.15 bits per heavy atom. The topological polar surface area (TPSA) is 81.7 Å². The Balaban J connectivity index is 0.000000272. The van der Waals surface area contributed by atoms with Crippen molar-refractivity contribution in [1.82, 2.24) is 14.9 Å². The first-order chi connectivity index (χ1) is 18.0. The zero-order chi connectivity index (χ0) is 29.3. The van der Waals surface area contributed by atoms with Crippen LogP contribution in [0.4, 0.5) is 36.4 Å². The zero-order valence-corrected chi connectivity index (χ0v) is 21.6. The molecule has 0 bridgehead atoms. The summed E-state index contributed by atoms with van der Waals surface area (Å²) in [4.78, 5) is 17.4. The Hall–Kier alpha value is -2.94. The summed E-state index contributed by atoms with van der Waals surface area (Å²) < 4.78 is 96.6. The maximum Gasteiger partial charge on any atom is 0.449 e. The lowest BCUT2D eigenvalue weighted by atomic mass is 10.2. The van der Waals surface area contributed by atoms with Crippen LogP contribution >= 0.6 is 34.8 Å². The third-order valence-electron chi connectivity index (χ3n) is 5.08. The number of aliphatic carboxylic acids is 1. The molecule has 1 aliphatic heterocycles. The van der Waals surface area contributed by atoms with Crippen LogP contribution in [0, 0.1) is 5.82 Å². The molecule has 0 amide bonds. The van der Waals surface area contributed by atoms with Crippen LogP contribution in [0.25, 0.3) is 11.0 Å². The first kappa shape index (κ1) is 30.6. The van der Waals surface area contributed by atoms with Crippen LogP contribution in [0.2, 0.25) is 15.1 Å². The summed E-state index contributed by atoms with van der Waals surface area (Å²) in [7, 11) is 1.16. The normalized spacial score (nSPS) is 16.3. The third kappa shape index (κ3) is 7.38. The van der Waals surface area contributed by atoms with Gasteiger partial charge >= 0.3 is 18.3 Å². The van der Waals surface area contributed by atoms with Gasteiger partial charge in [0.1, 0.15) is 23.0 Å². The van der Waals surface area contributed by atoms with E-state index in [1.54, 1.807) is 6.07 Å². The fourth-order valence-corrected chi connectivity index (χ4v) is 4.13. The predicted molar refractivity (Wildman–Crippen MR) is 130 cm³/mol. The number of anilines is 1. The van der Waals surface area contributed by atoms with Gasteiger partial charge in [-0.15, -0.1) is 0 Å². The summed E-state index contributed by atoms with van der Waals surface area (Å²) in [5.74, 6) is -3.13. The number of ether oxygens (including phenoxy) is 1. The maximum atomic E-state index is 14.4. The Kier molecular flexibility index (Phi) is 9.15. The second-order valence-electron chi connectivity index (χ2n) is 7.95. The molecule has 7 nitrogen and oxygen atoms in total. The van der Waals surface area contributed by atoms with E-state index in [-0.39, 0.29) is 10.5 Å². The number of carboxylic acid groups (broad SMARTS) is 1. The zero-order valence-electron chi connectivity index (χ0n) is 19.3. The van der Waals surface area contributed by atoms with Crippen LogP contribution < -0.4 is 9.64 Å². The van der Waals surface area contributed by atoms with E-state index in [1.165, 1.54) is 12.1 Å². The number of aromatic nitrogens is 2. The number of nitrogens with one attached hydrogen (secondary N) is 1. The average Bonchev–Trinajstić information content (AvgIpc) is 3.24. The highest BCUT2D eigenvalue weighted by molar-refractivity contribution is 6.36. The van der Waals surface area contributed by atoms with Crippen LogP contribution in [-0.2, 0) is 11.0 Å². The number of aromatic amines is 1. The van der Waals surface area contributed by atoms with Crippen molar-refractivity contribution in [3.63, 3.8) is 0 Å². The third-order valence-corrected chi connectivity index (χ3v) is 5.91. The molecule has 212 valence electrons. The molecule has 2 aromatic carbocycles. The SMILES string of the molecule is CN1CN(c2c(F)cc(Cl)c3[nH]c(C(F)(F)F)nc23)C=CC1C(F)(F)F.O=C(O)COc1ccc(Cl)cc1Cl. The van der Waals surface area contributed by atoms with Gasteiger partial charge in [-0.25, -0.2) is 14.2 Å². The second kappa shape index (κ2) is 11.7. The maximum absolute atomic E-state index is 14.4. The molecule has 1 aliphatic rings. The number of carbonyl (C=O) groups is 1. The Labute approximate surface area is 230 Å². The van der Waals surface area contributed by atoms with Gasteiger partial charge in [-0.2, -0.15) is 26.3 Å². The molecule has 39 heavy (non-hydrogen) atoms. The van der Waals surface area contributed by atoms with Crippen LogP contribution in [0.5, 0.6) is 5.75 Å². The number of alkyl halides is 6. The van der Waals surface area contributed by atoms with Gasteiger partial charge in [-0.05, 0) is 37.4 Å². The molecule has 2 heterocycles. The van der Waals surface area contributed by atoms with E-state index in [4.69, 9.17) is 44.6 Å². The molecule has 4 rings (SSSR count). The Bertz CT molecular complexity index is 1400. The summed E-state index contributed by atoms with van der Waals surface area (Å²) in [5, 5.41) is 8.78. The standard InChI is InChI=1S/C14H10ClF7N4.C8H6Cl2O3/c1-25-5-26(3-2-8(25)13(17,18)19)11-7(16)4-6(15)9-10(11)24-12(23-9)14(20,21)22;9-5-1-2-7(6(10)3-5)13-4-8(11)12/h2-4,8H,5H2,1H3,(H,23,24);1-3H,4H2,(H,11,12). The number of halogens is 10. The Morgan fingerprint density at radius 3 is 2.36 bits per heavy atom. The molecule has 1 unspecified atom stereocenters. The quantitative estimate of drug-likeness (QED) is 0.305. The predicted octanol–water partition coefficient (Wildman–Crippen LogP) is 6.98. The van der Waals surface area contributed by atoms with Gasteiger partial charge in [-0.3, -0.25) is 4.90 Å². The summed E-state index contributed by atoms with van der Waals surface area (Å²) in [6, 6.07) is 3.47. The number of hydrogen-bond donors (Lipinski definition) is 2. The smallest absolute Gasteiger partial charge is 0.449 e. The lowest BCUT2D eigenvalue weighted by Gasteiger charge is -2.36. The van der Waals surface area contributed by atoms with E-state index >= 15 is 0 Å². The molecule has 17 heteroatoms. The van der Waals surface area contributed by atoms with Crippen molar-refractivity contribution >= 4 is 57.5 Å². The van der Waals surface area contributed by atoms with Crippen molar-refractivity contribution in [2.45, 2.75) is 18.4 Å². The summed E-state index contributed by atoms with van der Waals surface area (Å²) >= 11 is 17.1. The van der Waals surface area contributed by atoms with Gasteiger partial charge in [0.05, 0.1) is 22.2 Å². The molecule has 1 aromatic heterocycles. The fourth-order valence-electron chi connectivity index (χ4n) is 3.43.